The van der Waals surface area contributed by atoms with E-state index in [2.05, 4.69) is 88.3 Å². The molecule has 0 amide bonds. The van der Waals surface area contributed by atoms with Gasteiger partial charge < -0.3 is 9.30 Å². The average molecular weight is 438 g/mol. The Labute approximate surface area is 191 Å². The average Bonchev–Trinajstić information content (AvgIpc) is 3.24. The second kappa shape index (κ2) is 8.89. The number of hydrogen-bond donors (Lipinski definition) is 0. The molecule has 5 rings (SSSR count). The molecule has 158 valence electrons. The Bertz CT molecular complexity index is 1360. The smallest absolute Gasteiger partial charge is 0.149 e. The summed E-state index contributed by atoms with van der Waals surface area (Å²) in [5.41, 5.74) is 6.77. The van der Waals surface area contributed by atoms with Crippen molar-refractivity contribution in [3.8, 4) is 22.6 Å². The Morgan fingerprint density at radius 1 is 0.906 bits per heavy atom. The quantitative estimate of drug-likeness (QED) is 0.219. The zero-order valence-electron chi connectivity index (χ0n) is 18.0. The number of aryl methyl sites for hydroxylation is 1. The molecule has 2 heterocycles. The van der Waals surface area contributed by atoms with Crippen LogP contribution in [0.15, 0.2) is 96.4 Å². The molecule has 0 aliphatic heterocycles. The molecule has 32 heavy (non-hydrogen) atoms. The van der Waals surface area contributed by atoms with Gasteiger partial charge in [-0.1, -0.05) is 60.2 Å². The zero-order chi connectivity index (χ0) is 21.9. The number of rotatable bonds is 6. The number of benzene rings is 3. The molecule has 3 aromatic carbocycles. The van der Waals surface area contributed by atoms with E-state index in [1.807, 2.05) is 18.2 Å². The van der Waals surface area contributed by atoms with Crippen LogP contribution in [0.5, 0.6) is 5.75 Å². The Morgan fingerprint density at radius 3 is 2.47 bits per heavy atom. The molecule has 0 unspecified atom stereocenters. The van der Waals surface area contributed by atoms with Crippen LogP contribution in [-0.2, 0) is 5.75 Å². The summed E-state index contributed by atoms with van der Waals surface area (Å²) in [5.74, 6) is 1.69. The Balaban J connectivity index is 1.64. The number of aromatic nitrogens is 3. The van der Waals surface area contributed by atoms with Gasteiger partial charge >= 0.3 is 0 Å². The molecule has 0 atom stereocenters. The molecule has 2 aromatic heterocycles. The summed E-state index contributed by atoms with van der Waals surface area (Å²) in [6.07, 6.45) is 3.82. The van der Waals surface area contributed by atoms with E-state index < -0.39 is 0 Å². The maximum absolute atomic E-state index is 5.33. The van der Waals surface area contributed by atoms with Gasteiger partial charge in [-0.2, -0.15) is 0 Å². The van der Waals surface area contributed by atoms with E-state index >= 15 is 0 Å². The Morgan fingerprint density at radius 2 is 1.72 bits per heavy atom. The van der Waals surface area contributed by atoms with Crippen molar-refractivity contribution in [1.29, 1.82) is 0 Å². The first-order valence-electron chi connectivity index (χ1n) is 10.5. The number of fused-ring (bicyclic) bond motifs is 1. The highest BCUT2D eigenvalue weighted by molar-refractivity contribution is 7.98. The van der Waals surface area contributed by atoms with E-state index in [9.17, 15) is 0 Å². The third kappa shape index (κ3) is 3.99. The highest BCUT2D eigenvalue weighted by atomic mass is 32.2. The van der Waals surface area contributed by atoms with Gasteiger partial charge in [-0.3, -0.25) is 0 Å². The van der Waals surface area contributed by atoms with Crippen molar-refractivity contribution in [3.63, 3.8) is 0 Å². The maximum Gasteiger partial charge on any atom is 0.149 e. The van der Waals surface area contributed by atoms with Crippen LogP contribution in [0.2, 0.25) is 0 Å². The van der Waals surface area contributed by atoms with E-state index in [4.69, 9.17) is 4.74 Å². The van der Waals surface area contributed by atoms with Crippen LogP contribution in [0.3, 0.4) is 0 Å². The summed E-state index contributed by atoms with van der Waals surface area (Å²) in [4.78, 5) is 9.37. The second-order valence-corrected chi connectivity index (χ2v) is 8.60. The summed E-state index contributed by atoms with van der Waals surface area (Å²) in [7, 11) is 1.68. The molecule has 0 aliphatic rings. The molecule has 0 saturated carbocycles. The highest BCUT2D eigenvalue weighted by Gasteiger charge is 2.17. The molecular weight excluding hydrogens is 414 g/mol. The highest BCUT2D eigenvalue weighted by Crippen LogP contribution is 2.37. The molecule has 5 aromatic rings. The van der Waals surface area contributed by atoms with Crippen molar-refractivity contribution in [1.82, 2.24) is 14.5 Å². The van der Waals surface area contributed by atoms with E-state index in [-0.39, 0.29) is 0 Å². The maximum atomic E-state index is 5.33. The number of methoxy groups -OCH3 is 1. The third-order valence-electron chi connectivity index (χ3n) is 5.44. The van der Waals surface area contributed by atoms with Crippen molar-refractivity contribution in [2.75, 3.05) is 7.11 Å². The van der Waals surface area contributed by atoms with Crippen molar-refractivity contribution >= 4 is 22.8 Å². The van der Waals surface area contributed by atoms with Crippen LogP contribution >= 0.6 is 11.8 Å². The molecule has 0 radical (unpaired) electrons. The van der Waals surface area contributed by atoms with Gasteiger partial charge in [-0.25, -0.2) is 9.97 Å². The summed E-state index contributed by atoms with van der Waals surface area (Å²) >= 11 is 1.75. The van der Waals surface area contributed by atoms with E-state index in [1.165, 1.54) is 11.1 Å². The molecule has 0 aliphatic carbocycles. The minimum atomic E-state index is 0.831. The minimum Gasteiger partial charge on any atom is -0.497 e. The molecule has 0 saturated heterocycles. The van der Waals surface area contributed by atoms with Crippen LogP contribution in [0.4, 0.5) is 0 Å². The van der Waals surface area contributed by atoms with Gasteiger partial charge in [0, 0.05) is 23.2 Å². The first kappa shape index (κ1) is 20.3. The topological polar surface area (TPSA) is 39.9 Å². The fourth-order valence-corrected chi connectivity index (χ4v) is 4.82. The summed E-state index contributed by atoms with van der Waals surface area (Å²) < 4.78 is 7.46. The Hall–Kier alpha value is -3.57. The SMILES string of the molecule is COc1ccc(-n2cc(-c3ccccc3)c3c(SCc4cccc(C)c4)ncnc32)cc1. The first-order chi connectivity index (χ1) is 15.7. The van der Waals surface area contributed by atoms with Crippen LogP contribution < -0.4 is 4.74 Å². The molecule has 4 nitrogen and oxygen atoms in total. The van der Waals surface area contributed by atoms with Crippen molar-refractivity contribution in [2.24, 2.45) is 0 Å². The van der Waals surface area contributed by atoms with Crippen molar-refractivity contribution in [2.45, 2.75) is 17.7 Å². The predicted molar refractivity (Wildman–Crippen MR) is 132 cm³/mol. The Kier molecular flexibility index (Phi) is 5.65. The van der Waals surface area contributed by atoms with Gasteiger partial charge in [-0.15, -0.1) is 11.8 Å². The van der Waals surface area contributed by atoms with Gasteiger partial charge in [0.25, 0.3) is 0 Å². The lowest BCUT2D eigenvalue weighted by Gasteiger charge is -2.07. The molecule has 0 spiro atoms. The molecule has 0 bridgehead atoms. The third-order valence-corrected chi connectivity index (χ3v) is 6.50. The number of ether oxygens (including phenoxy) is 1. The van der Waals surface area contributed by atoms with E-state index in [0.29, 0.717) is 0 Å². The van der Waals surface area contributed by atoms with Crippen molar-refractivity contribution in [3.05, 3.63) is 103 Å². The second-order valence-electron chi connectivity index (χ2n) is 7.63. The van der Waals surface area contributed by atoms with Crippen molar-refractivity contribution < 1.29 is 4.74 Å². The lowest BCUT2D eigenvalue weighted by Crippen LogP contribution is -1.95. The largest absolute Gasteiger partial charge is 0.497 e. The monoisotopic (exact) mass is 437 g/mol. The number of thioether (sulfide) groups is 1. The molecule has 0 N–H and O–H groups in total. The molecule has 5 heteroatoms. The summed E-state index contributed by atoms with van der Waals surface area (Å²) in [6.45, 7) is 2.12. The minimum absolute atomic E-state index is 0.831. The summed E-state index contributed by atoms with van der Waals surface area (Å²) in [5, 5.41) is 2.06. The van der Waals surface area contributed by atoms with Crippen LogP contribution in [0.25, 0.3) is 27.8 Å². The van der Waals surface area contributed by atoms with E-state index in [0.717, 1.165) is 44.4 Å². The van der Waals surface area contributed by atoms with Crippen LogP contribution in [-0.4, -0.2) is 21.6 Å². The van der Waals surface area contributed by atoms with Gasteiger partial charge in [0.1, 0.15) is 22.7 Å². The standard InChI is InChI=1S/C27H23N3OS/c1-19-7-6-8-20(15-19)17-32-27-25-24(21-9-4-3-5-10-21)16-30(26(25)28-18-29-27)22-11-13-23(31-2)14-12-22/h3-16,18H,17H2,1-2H3. The van der Waals surface area contributed by atoms with E-state index in [1.54, 1.807) is 25.2 Å². The fourth-order valence-electron chi connectivity index (χ4n) is 3.87. The first-order valence-corrected chi connectivity index (χ1v) is 11.5. The van der Waals surface area contributed by atoms with Gasteiger partial charge in [0.15, 0.2) is 0 Å². The van der Waals surface area contributed by atoms with Crippen LogP contribution in [0.1, 0.15) is 11.1 Å². The molecular formula is C27H23N3OS. The lowest BCUT2D eigenvalue weighted by molar-refractivity contribution is 0.415. The van der Waals surface area contributed by atoms with Crippen LogP contribution in [0, 0.1) is 6.92 Å². The zero-order valence-corrected chi connectivity index (χ0v) is 18.8. The van der Waals surface area contributed by atoms with Gasteiger partial charge in [-0.05, 0) is 42.3 Å². The summed E-state index contributed by atoms with van der Waals surface area (Å²) in [6, 6.07) is 27.1. The lowest BCUT2D eigenvalue weighted by atomic mass is 10.1. The predicted octanol–water partition coefficient (Wildman–Crippen LogP) is 6.70. The fraction of sp³-hybridized carbons (Fsp3) is 0.111. The number of hydrogen-bond acceptors (Lipinski definition) is 4. The normalized spacial score (nSPS) is 11.1. The molecule has 0 fully saturated rings. The van der Waals surface area contributed by atoms with Gasteiger partial charge in [0.05, 0.1) is 12.5 Å². The number of nitrogens with zero attached hydrogens (tertiary/aromatic N) is 3. The van der Waals surface area contributed by atoms with Gasteiger partial charge in [0.2, 0.25) is 0 Å².